The number of benzene rings is 1. The number of fused-ring (bicyclic) bond motifs is 1. The summed E-state index contributed by atoms with van der Waals surface area (Å²) >= 11 is 0. The Kier molecular flexibility index (Phi) is 5.06. The highest BCUT2D eigenvalue weighted by Gasteiger charge is 2.19. The highest BCUT2D eigenvalue weighted by Crippen LogP contribution is 2.32. The molecule has 0 saturated carbocycles. The number of hydrogen-bond donors (Lipinski definition) is 1. The summed E-state index contributed by atoms with van der Waals surface area (Å²) < 4.78 is 5.75. The predicted octanol–water partition coefficient (Wildman–Crippen LogP) is 3.85. The van der Waals surface area contributed by atoms with Gasteiger partial charge >= 0.3 is 0 Å². The third-order valence-corrected chi connectivity index (χ3v) is 3.55. The Morgan fingerprint density at radius 2 is 2.17 bits per heavy atom. The molecule has 0 heterocycles. The van der Waals surface area contributed by atoms with E-state index in [2.05, 4.69) is 37.4 Å². The second-order valence-electron chi connectivity index (χ2n) is 5.11. The van der Waals surface area contributed by atoms with Gasteiger partial charge in [0.2, 0.25) is 0 Å². The lowest BCUT2D eigenvalue weighted by Gasteiger charge is -2.27. The molecule has 0 spiro atoms. The Balaban J connectivity index is 2.12. The van der Waals surface area contributed by atoms with Crippen molar-refractivity contribution in [2.24, 2.45) is 0 Å². The summed E-state index contributed by atoms with van der Waals surface area (Å²) in [5.41, 5.74) is 2.96. The lowest BCUT2D eigenvalue weighted by atomic mass is 9.87. The van der Waals surface area contributed by atoms with Crippen LogP contribution in [0.2, 0.25) is 0 Å². The maximum Gasteiger partial charge on any atom is 0.119 e. The van der Waals surface area contributed by atoms with Crippen LogP contribution in [0.4, 0.5) is 0 Å². The molecule has 1 aliphatic carbocycles. The largest absolute Gasteiger partial charge is 0.494 e. The Morgan fingerprint density at radius 3 is 2.94 bits per heavy atom. The molecule has 2 nitrogen and oxygen atoms in total. The summed E-state index contributed by atoms with van der Waals surface area (Å²) in [7, 11) is 0. The van der Waals surface area contributed by atoms with Crippen LogP contribution in [0.15, 0.2) is 18.2 Å². The number of ether oxygens (including phenoxy) is 1. The Hall–Kier alpha value is -1.02. The maximum atomic E-state index is 5.75. The van der Waals surface area contributed by atoms with Gasteiger partial charge in [-0.15, -0.1) is 0 Å². The van der Waals surface area contributed by atoms with Crippen LogP contribution in [-0.2, 0) is 6.42 Å². The summed E-state index contributed by atoms with van der Waals surface area (Å²) in [6.07, 6.45) is 6.02. The fraction of sp³-hybridized carbons (Fsp3) is 0.625. The average molecular weight is 247 g/mol. The average Bonchev–Trinajstić information content (AvgIpc) is 2.42. The zero-order chi connectivity index (χ0) is 12.8. The quantitative estimate of drug-likeness (QED) is 0.824. The van der Waals surface area contributed by atoms with Gasteiger partial charge in [0.1, 0.15) is 5.75 Å². The summed E-state index contributed by atoms with van der Waals surface area (Å²) in [4.78, 5) is 0. The molecule has 0 radical (unpaired) electrons. The van der Waals surface area contributed by atoms with Crippen molar-refractivity contribution in [1.82, 2.24) is 5.32 Å². The minimum Gasteiger partial charge on any atom is -0.494 e. The Morgan fingerprint density at radius 1 is 1.28 bits per heavy atom. The van der Waals surface area contributed by atoms with Crippen LogP contribution in [0, 0.1) is 0 Å². The van der Waals surface area contributed by atoms with Crippen molar-refractivity contribution in [2.45, 2.75) is 52.0 Å². The van der Waals surface area contributed by atoms with E-state index in [1.54, 1.807) is 0 Å². The molecule has 0 aliphatic heterocycles. The van der Waals surface area contributed by atoms with Gasteiger partial charge < -0.3 is 10.1 Å². The van der Waals surface area contributed by atoms with E-state index in [9.17, 15) is 0 Å². The Bertz CT molecular complexity index is 375. The molecular formula is C16H25NO. The molecule has 1 aromatic rings. The van der Waals surface area contributed by atoms with Gasteiger partial charge in [-0.25, -0.2) is 0 Å². The van der Waals surface area contributed by atoms with Crippen molar-refractivity contribution in [1.29, 1.82) is 0 Å². The summed E-state index contributed by atoms with van der Waals surface area (Å²) in [5, 5.41) is 3.66. The molecule has 0 amide bonds. The molecule has 18 heavy (non-hydrogen) atoms. The molecular weight excluding hydrogens is 222 g/mol. The van der Waals surface area contributed by atoms with Crippen LogP contribution in [0.5, 0.6) is 5.75 Å². The first-order valence-corrected chi connectivity index (χ1v) is 7.34. The molecule has 0 saturated heterocycles. The predicted molar refractivity (Wildman–Crippen MR) is 76.2 cm³/mol. The topological polar surface area (TPSA) is 21.3 Å². The van der Waals surface area contributed by atoms with Gasteiger partial charge in [0.25, 0.3) is 0 Å². The second kappa shape index (κ2) is 6.79. The van der Waals surface area contributed by atoms with Gasteiger partial charge in [-0.1, -0.05) is 19.9 Å². The molecule has 2 rings (SSSR count). The van der Waals surface area contributed by atoms with Crippen molar-refractivity contribution >= 4 is 0 Å². The zero-order valence-corrected chi connectivity index (χ0v) is 11.7. The number of nitrogens with one attached hydrogen (secondary N) is 1. The Labute approximate surface area is 111 Å². The van der Waals surface area contributed by atoms with Crippen LogP contribution in [0.3, 0.4) is 0 Å². The van der Waals surface area contributed by atoms with Crippen molar-refractivity contribution in [3.8, 4) is 5.75 Å². The first kappa shape index (κ1) is 13.4. The highest BCUT2D eigenvalue weighted by molar-refractivity contribution is 5.39. The van der Waals surface area contributed by atoms with Crippen molar-refractivity contribution in [3.05, 3.63) is 29.3 Å². The molecule has 0 bridgehead atoms. The van der Waals surface area contributed by atoms with E-state index >= 15 is 0 Å². The summed E-state index contributed by atoms with van der Waals surface area (Å²) in [5.74, 6) is 1.03. The first-order valence-electron chi connectivity index (χ1n) is 7.34. The fourth-order valence-corrected chi connectivity index (χ4v) is 2.62. The van der Waals surface area contributed by atoms with Crippen molar-refractivity contribution in [3.63, 3.8) is 0 Å². The lowest BCUT2D eigenvalue weighted by molar-refractivity contribution is 0.316. The first-order chi connectivity index (χ1) is 8.85. The minimum absolute atomic E-state index is 0.527. The van der Waals surface area contributed by atoms with Gasteiger partial charge in [-0.3, -0.25) is 0 Å². The van der Waals surface area contributed by atoms with Gasteiger partial charge in [-0.2, -0.15) is 0 Å². The monoisotopic (exact) mass is 247 g/mol. The molecule has 1 aliphatic rings. The van der Waals surface area contributed by atoms with E-state index in [1.165, 1.54) is 36.8 Å². The fourth-order valence-electron chi connectivity index (χ4n) is 2.62. The molecule has 2 heteroatoms. The standard InChI is InChI=1S/C16H25NO/c1-3-10-17-16-7-5-6-13-8-9-14(12-15(13)16)18-11-4-2/h8-9,12,16-17H,3-7,10-11H2,1-2H3. The van der Waals surface area contributed by atoms with E-state index in [0.29, 0.717) is 6.04 Å². The van der Waals surface area contributed by atoms with Gasteiger partial charge in [0.05, 0.1) is 6.61 Å². The van der Waals surface area contributed by atoms with E-state index < -0.39 is 0 Å². The van der Waals surface area contributed by atoms with Gasteiger partial charge in [0, 0.05) is 6.04 Å². The second-order valence-corrected chi connectivity index (χ2v) is 5.11. The number of rotatable bonds is 6. The van der Waals surface area contributed by atoms with Crippen LogP contribution >= 0.6 is 0 Å². The molecule has 1 N–H and O–H groups in total. The molecule has 100 valence electrons. The molecule has 1 aromatic carbocycles. The third kappa shape index (κ3) is 3.26. The summed E-state index contributed by atoms with van der Waals surface area (Å²) in [6, 6.07) is 7.15. The van der Waals surface area contributed by atoms with Crippen molar-refractivity contribution < 1.29 is 4.74 Å². The van der Waals surface area contributed by atoms with Crippen LogP contribution < -0.4 is 10.1 Å². The van der Waals surface area contributed by atoms with Crippen LogP contribution in [-0.4, -0.2) is 13.2 Å². The third-order valence-electron chi connectivity index (χ3n) is 3.55. The SMILES string of the molecule is CCCNC1CCCc2ccc(OCCC)cc21. The smallest absolute Gasteiger partial charge is 0.119 e. The molecule has 0 fully saturated rings. The zero-order valence-electron chi connectivity index (χ0n) is 11.7. The van der Waals surface area contributed by atoms with Crippen molar-refractivity contribution in [2.75, 3.05) is 13.2 Å². The number of aryl methyl sites for hydroxylation is 1. The van der Waals surface area contributed by atoms with Crippen LogP contribution in [0.1, 0.15) is 56.7 Å². The summed E-state index contributed by atoms with van der Waals surface area (Å²) in [6.45, 7) is 6.28. The normalized spacial score (nSPS) is 18.4. The van der Waals surface area contributed by atoms with E-state index in [0.717, 1.165) is 25.3 Å². The highest BCUT2D eigenvalue weighted by atomic mass is 16.5. The van der Waals surface area contributed by atoms with E-state index in [-0.39, 0.29) is 0 Å². The van der Waals surface area contributed by atoms with Crippen LogP contribution in [0.25, 0.3) is 0 Å². The van der Waals surface area contributed by atoms with E-state index in [4.69, 9.17) is 4.74 Å². The van der Waals surface area contributed by atoms with Gasteiger partial charge in [-0.05, 0) is 61.9 Å². The maximum absolute atomic E-state index is 5.75. The molecule has 1 atom stereocenters. The number of hydrogen-bond acceptors (Lipinski definition) is 2. The molecule has 0 aromatic heterocycles. The van der Waals surface area contributed by atoms with Gasteiger partial charge in [0.15, 0.2) is 0 Å². The lowest BCUT2D eigenvalue weighted by Crippen LogP contribution is -2.25. The van der Waals surface area contributed by atoms with E-state index in [1.807, 2.05) is 0 Å². The molecule has 1 unspecified atom stereocenters. The minimum atomic E-state index is 0.527.